The summed E-state index contributed by atoms with van der Waals surface area (Å²) < 4.78 is 5.49. The van der Waals surface area contributed by atoms with Crippen molar-refractivity contribution in [2.45, 2.75) is 19.4 Å². The molecule has 1 heterocycles. The third-order valence-corrected chi connectivity index (χ3v) is 5.09. The van der Waals surface area contributed by atoms with Crippen LogP contribution in [0.4, 0.5) is 0 Å². The second-order valence-electron chi connectivity index (χ2n) is 6.60. The Morgan fingerprint density at radius 2 is 1.89 bits per heavy atom. The average Bonchev–Trinajstić information content (AvgIpc) is 3.13. The number of amides is 2. The number of benzene rings is 2. The minimum atomic E-state index is -0.338. The molecule has 0 aromatic heterocycles. The summed E-state index contributed by atoms with van der Waals surface area (Å²) in [4.78, 5) is 25.9. The number of likely N-dealkylation sites (N-methyl/N-ethyl adjacent to an activating group) is 1. The smallest absolute Gasteiger partial charge is 0.262 e. The fourth-order valence-corrected chi connectivity index (χ4v) is 3.41. The molecule has 0 spiro atoms. The van der Waals surface area contributed by atoms with E-state index in [0.717, 1.165) is 16.8 Å². The number of methoxy groups -OCH3 is 1. The summed E-state index contributed by atoms with van der Waals surface area (Å²) in [6.07, 6.45) is 0.500. The Hall–Kier alpha value is -2.86. The van der Waals surface area contributed by atoms with Gasteiger partial charge in [-0.1, -0.05) is 48.0 Å². The normalized spacial score (nSPS) is 15.9. The van der Waals surface area contributed by atoms with Gasteiger partial charge >= 0.3 is 0 Å². The van der Waals surface area contributed by atoms with Crippen molar-refractivity contribution in [3.05, 3.63) is 64.7 Å². The third-order valence-electron chi connectivity index (χ3n) is 4.76. The summed E-state index contributed by atoms with van der Waals surface area (Å²) in [5.41, 5.74) is 2.37. The van der Waals surface area contributed by atoms with Crippen LogP contribution in [0.15, 0.2) is 53.6 Å². The molecule has 0 radical (unpaired) electrons. The number of hydrogen-bond acceptors (Lipinski definition) is 4. The molecule has 1 aliphatic rings. The first kappa shape index (κ1) is 19.9. The maximum absolute atomic E-state index is 13.0. The summed E-state index contributed by atoms with van der Waals surface area (Å²) in [6.45, 7) is 1.37. The maximum atomic E-state index is 13.0. The van der Waals surface area contributed by atoms with Gasteiger partial charge in [-0.2, -0.15) is 5.10 Å². The van der Waals surface area contributed by atoms with Crippen LogP contribution in [0.1, 0.15) is 30.5 Å². The van der Waals surface area contributed by atoms with Crippen molar-refractivity contribution in [1.82, 2.24) is 9.91 Å². The quantitative estimate of drug-likeness (QED) is 0.773. The van der Waals surface area contributed by atoms with Crippen molar-refractivity contribution < 1.29 is 14.3 Å². The molecular weight excluding hydrogens is 378 g/mol. The van der Waals surface area contributed by atoms with Crippen LogP contribution >= 0.6 is 11.6 Å². The highest BCUT2D eigenvalue weighted by atomic mass is 35.5. The number of carbonyl (C=O) groups excluding carboxylic acids is 2. The van der Waals surface area contributed by atoms with Crippen LogP contribution in [0.25, 0.3) is 0 Å². The van der Waals surface area contributed by atoms with Gasteiger partial charge in [0.1, 0.15) is 12.3 Å². The van der Waals surface area contributed by atoms with Crippen molar-refractivity contribution in [2.75, 3.05) is 20.7 Å². The van der Waals surface area contributed by atoms with Crippen molar-refractivity contribution in [3.8, 4) is 5.75 Å². The average molecular weight is 400 g/mol. The highest BCUT2D eigenvalue weighted by molar-refractivity contribution is 6.34. The first-order valence-corrected chi connectivity index (χ1v) is 9.29. The van der Waals surface area contributed by atoms with Crippen molar-refractivity contribution in [3.63, 3.8) is 0 Å². The first-order valence-electron chi connectivity index (χ1n) is 8.91. The van der Waals surface area contributed by atoms with E-state index in [1.54, 1.807) is 20.2 Å². The molecule has 6 nitrogen and oxygen atoms in total. The van der Waals surface area contributed by atoms with E-state index in [1.807, 2.05) is 42.5 Å². The van der Waals surface area contributed by atoms with E-state index in [4.69, 9.17) is 16.3 Å². The van der Waals surface area contributed by atoms with E-state index in [1.165, 1.54) is 16.8 Å². The zero-order chi connectivity index (χ0) is 20.3. The van der Waals surface area contributed by atoms with Gasteiger partial charge in [-0.25, -0.2) is 5.01 Å². The van der Waals surface area contributed by atoms with E-state index in [-0.39, 0.29) is 24.4 Å². The Morgan fingerprint density at radius 1 is 1.21 bits per heavy atom. The van der Waals surface area contributed by atoms with Crippen LogP contribution in [0, 0.1) is 0 Å². The van der Waals surface area contributed by atoms with E-state index in [0.29, 0.717) is 17.2 Å². The van der Waals surface area contributed by atoms with Gasteiger partial charge in [-0.05, 0) is 12.1 Å². The monoisotopic (exact) mass is 399 g/mol. The molecule has 7 heteroatoms. The lowest BCUT2D eigenvalue weighted by molar-refractivity contribution is -0.139. The number of carbonyl (C=O) groups is 2. The van der Waals surface area contributed by atoms with E-state index in [9.17, 15) is 9.59 Å². The van der Waals surface area contributed by atoms with Gasteiger partial charge < -0.3 is 9.64 Å². The van der Waals surface area contributed by atoms with Crippen LogP contribution in [0.3, 0.4) is 0 Å². The topological polar surface area (TPSA) is 62.2 Å². The lowest BCUT2D eigenvalue weighted by atomic mass is 9.97. The number of halogens is 1. The van der Waals surface area contributed by atoms with Crippen molar-refractivity contribution in [1.29, 1.82) is 0 Å². The highest BCUT2D eigenvalue weighted by Gasteiger charge is 2.35. The third kappa shape index (κ3) is 4.02. The number of hydrogen-bond donors (Lipinski definition) is 0. The molecule has 2 amide bonds. The van der Waals surface area contributed by atoms with Crippen molar-refractivity contribution in [2.24, 2.45) is 5.10 Å². The predicted octanol–water partition coefficient (Wildman–Crippen LogP) is 3.50. The Kier molecular flexibility index (Phi) is 5.99. The second-order valence-corrected chi connectivity index (χ2v) is 7.01. The SMILES string of the molecule is COc1ccccc1[C@H]1CC(c2ccccc2Cl)=NN1C(=O)CN(C)C(C)=O. The molecule has 0 unspecified atom stereocenters. The number of hydrazone groups is 1. The summed E-state index contributed by atoms with van der Waals surface area (Å²) in [7, 11) is 3.19. The van der Waals surface area contributed by atoms with Crippen LogP contribution in [-0.4, -0.2) is 48.1 Å². The van der Waals surface area contributed by atoms with E-state index >= 15 is 0 Å². The minimum absolute atomic E-state index is 0.0553. The zero-order valence-electron chi connectivity index (χ0n) is 16.1. The summed E-state index contributed by atoms with van der Waals surface area (Å²) in [5.74, 6) is 0.230. The molecule has 28 heavy (non-hydrogen) atoms. The van der Waals surface area contributed by atoms with Gasteiger partial charge in [-0.15, -0.1) is 0 Å². The minimum Gasteiger partial charge on any atom is -0.496 e. The molecule has 146 valence electrons. The number of para-hydroxylation sites is 1. The molecule has 0 N–H and O–H groups in total. The van der Waals surface area contributed by atoms with Crippen LogP contribution in [-0.2, 0) is 9.59 Å². The van der Waals surface area contributed by atoms with Crippen LogP contribution in [0.5, 0.6) is 5.75 Å². The van der Waals surface area contributed by atoms with E-state index in [2.05, 4.69) is 5.10 Å². The Morgan fingerprint density at radius 3 is 2.57 bits per heavy atom. The standard InChI is InChI=1S/C21H22ClN3O3/c1-14(26)24(2)13-21(27)25-19(16-9-5-7-11-20(16)28-3)12-18(23-25)15-8-4-6-10-17(15)22/h4-11,19H,12-13H2,1-3H3/t19-/m1/s1. The largest absolute Gasteiger partial charge is 0.496 e. The van der Waals surface area contributed by atoms with Gasteiger partial charge in [0.25, 0.3) is 5.91 Å². The molecular formula is C21H22ClN3O3. The fraction of sp³-hybridized carbons (Fsp3) is 0.286. The second kappa shape index (κ2) is 8.44. The van der Waals surface area contributed by atoms with Gasteiger partial charge in [0.15, 0.2) is 0 Å². The molecule has 1 aliphatic heterocycles. The summed E-state index contributed by atoms with van der Waals surface area (Å²) in [6, 6.07) is 14.6. The number of nitrogens with zero attached hydrogens (tertiary/aromatic N) is 3. The fourth-order valence-electron chi connectivity index (χ4n) is 3.17. The van der Waals surface area contributed by atoms with E-state index < -0.39 is 0 Å². The van der Waals surface area contributed by atoms with Crippen LogP contribution < -0.4 is 4.74 Å². The molecule has 0 saturated heterocycles. The number of rotatable bonds is 5. The first-order chi connectivity index (χ1) is 13.4. The summed E-state index contributed by atoms with van der Waals surface area (Å²) >= 11 is 6.35. The maximum Gasteiger partial charge on any atom is 0.262 e. The van der Waals surface area contributed by atoms with Gasteiger partial charge in [-0.3, -0.25) is 9.59 Å². The lowest BCUT2D eigenvalue weighted by Crippen LogP contribution is -2.38. The molecule has 0 saturated carbocycles. The Balaban J connectivity index is 1.99. The molecule has 3 rings (SSSR count). The lowest BCUT2D eigenvalue weighted by Gasteiger charge is -2.25. The Labute approximate surface area is 169 Å². The molecule has 2 aromatic carbocycles. The molecule has 0 bridgehead atoms. The molecule has 2 aromatic rings. The van der Waals surface area contributed by atoms with Crippen molar-refractivity contribution >= 4 is 29.1 Å². The van der Waals surface area contributed by atoms with Gasteiger partial charge in [0.2, 0.25) is 5.91 Å². The zero-order valence-corrected chi connectivity index (χ0v) is 16.8. The van der Waals surface area contributed by atoms with Gasteiger partial charge in [0.05, 0.1) is 18.9 Å². The van der Waals surface area contributed by atoms with Gasteiger partial charge in [0, 0.05) is 36.5 Å². The predicted molar refractivity (Wildman–Crippen MR) is 108 cm³/mol. The highest BCUT2D eigenvalue weighted by Crippen LogP contribution is 2.38. The van der Waals surface area contributed by atoms with Crippen LogP contribution in [0.2, 0.25) is 5.02 Å². The Bertz CT molecular complexity index is 929. The molecule has 0 aliphatic carbocycles. The molecule has 0 fully saturated rings. The molecule has 1 atom stereocenters. The summed E-state index contributed by atoms with van der Waals surface area (Å²) in [5, 5.41) is 6.61. The number of ether oxygens (including phenoxy) is 1.